The quantitative estimate of drug-likeness (QED) is 0.684. The first-order chi connectivity index (χ1) is 14.0. The Labute approximate surface area is 167 Å². The van der Waals surface area contributed by atoms with E-state index >= 15 is 0 Å². The van der Waals surface area contributed by atoms with Crippen LogP contribution in [0, 0.1) is 11.6 Å². The Balaban J connectivity index is 1.44. The van der Waals surface area contributed by atoms with Crippen molar-refractivity contribution in [1.82, 2.24) is 19.9 Å². The van der Waals surface area contributed by atoms with Crippen molar-refractivity contribution in [1.29, 1.82) is 0 Å². The molecule has 1 aromatic carbocycles. The van der Waals surface area contributed by atoms with Gasteiger partial charge in [-0.25, -0.2) is 23.5 Å². The lowest BCUT2D eigenvalue weighted by molar-refractivity contribution is 0.102. The molecular weight excluding hydrogens is 402 g/mol. The number of urea groups is 1. The summed E-state index contributed by atoms with van der Waals surface area (Å²) in [5, 5.41) is 5.32. The van der Waals surface area contributed by atoms with Crippen molar-refractivity contribution in [2.45, 2.75) is 13.0 Å². The summed E-state index contributed by atoms with van der Waals surface area (Å²) in [5.74, 6) is -2.13. The number of thiazole rings is 1. The summed E-state index contributed by atoms with van der Waals surface area (Å²) in [6.45, 7) is 0.548. The highest BCUT2D eigenvalue weighted by molar-refractivity contribution is 7.15. The van der Waals surface area contributed by atoms with E-state index in [4.69, 9.17) is 0 Å². The third-order valence-electron chi connectivity index (χ3n) is 4.23. The summed E-state index contributed by atoms with van der Waals surface area (Å²) in [4.78, 5) is 39.0. The predicted molar refractivity (Wildman–Crippen MR) is 102 cm³/mol. The number of amides is 3. The number of hydrogen-bond acceptors (Lipinski definition) is 6. The molecule has 2 N–H and O–H groups in total. The van der Waals surface area contributed by atoms with E-state index in [-0.39, 0.29) is 12.2 Å². The third kappa shape index (κ3) is 4.04. The van der Waals surface area contributed by atoms with Crippen LogP contribution < -0.4 is 10.6 Å². The average Bonchev–Trinajstić information content (AvgIpc) is 3.12. The van der Waals surface area contributed by atoms with Gasteiger partial charge in [0.25, 0.3) is 5.91 Å². The fourth-order valence-corrected chi connectivity index (χ4v) is 3.82. The van der Waals surface area contributed by atoms with Gasteiger partial charge in [0.05, 0.1) is 18.4 Å². The van der Waals surface area contributed by atoms with Crippen LogP contribution >= 0.6 is 11.3 Å². The minimum absolute atomic E-state index is 0.161. The van der Waals surface area contributed by atoms with Crippen molar-refractivity contribution in [2.75, 3.05) is 17.2 Å². The Kier molecular flexibility index (Phi) is 5.12. The summed E-state index contributed by atoms with van der Waals surface area (Å²) in [7, 11) is 0. The molecule has 0 unspecified atom stereocenters. The van der Waals surface area contributed by atoms with Gasteiger partial charge in [-0.1, -0.05) is 17.4 Å². The number of nitrogens with zero attached hydrogens (tertiary/aromatic N) is 4. The smallest absolute Gasteiger partial charge is 0.319 e. The van der Waals surface area contributed by atoms with Crippen molar-refractivity contribution < 1.29 is 18.4 Å². The Hall–Kier alpha value is -3.47. The molecule has 0 saturated carbocycles. The van der Waals surface area contributed by atoms with E-state index in [9.17, 15) is 18.4 Å². The summed E-state index contributed by atoms with van der Waals surface area (Å²) in [5.41, 5.74) is 0.448. The van der Waals surface area contributed by atoms with Crippen LogP contribution in [0.25, 0.3) is 0 Å². The Morgan fingerprint density at radius 3 is 2.66 bits per heavy atom. The predicted octanol–water partition coefficient (Wildman–Crippen LogP) is 3.05. The van der Waals surface area contributed by atoms with Crippen LogP contribution in [0.3, 0.4) is 0 Å². The molecule has 3 aromatic rings. The fourth-order valence-electron chi connectivity index (χ4n) is 2.80. The Bertz CT molecular complexity index is 1060. The molecule has 3 heterocycles. The maximum absolute atomic E-state index is 13.8. The minimum Gasteiger partial charge on any atom is -0.319 e. The number of carbonyl (C=O) groups is 2. The van der Waals surface area contributed by atoms with Gasteiger partial charge >= 0.3 is 6.03 Å². The van der Waals surface area contributed by atoms with Gasteiger partial charge in [-0.3, -0.25) is 15.1 Å². The molecule has 148 valence electrons. The molecule has 0 aliphatic carbocycles. The highest BCUT2D eigenvalue weighted by Crippen LogP contribution is 2.29. The highest BCUT2D eigenvalue weighted by Gasteiger charge is 2.26. The number of nitrogens with one attached hydrogen (secondary N) is 2. The molecule has 0 bridgehead atoms. The number of para-hydroxylation sites is 1. The van der Waals surface area contributed by atoms with Gasteiger partial charge in [0.15, 0.2) is 5.13 Å². The van der Waals surface area contributed by atoms with Crippen LogP contribution in [-0.2, 0) is 13.0 Å². The number of halogens is 2. The van der Waals surface area contributed by atoms with E-state index in [0.717, 1.165) is 22.7 Å². The molecule has 3 amide bonds. The number of aromatic nitrogens is 3. The van der Waals surface area contributed by atoms with Gasteiger partial charge in [-0.05, 0) is 12.1 Å². The first-order valence-corrected chi connectivity index (χ1v) is 9.39. The second-order valence-electron chi connectivity index (χ2n) is 6.13. The van der Waals surface area contributed by atoms with Gasteiger partial charge < -0.3 is 10.2 Å². The topological polar surface area (TPSA) is 100 Å². The van der Waals surface area contributed by atoms with E-state index in [0.29, 0.717) is 18.1 Å². The normalized spacial score (nSPS) is 13.0. The van der Waals surface area contributed by atoms with Gasteiger partial charge in [0, 0.05) is 30.2 Å². The first-order valence-electron chi connectivity index (χ1n) is 8.57. The zero-order chi connectivity index (χ0) is 20.4. The molecule has 4 rings (SSSR count). The molecule has 0 fully saturated rings. The molecule has 0 atom stereocenters. The second kappa shape index (κ2) is 7.87. The van der Waals surface area contributed by atoms with Crippen molar-refractivity contribution in [3.05, 3.63) is 64.7 Å². The molecule has 0 spiro atoms. The van der Waals surface area contributed by atoms with E-state index in [1.165, 1.54) is 40.9 Å². The highest BCUT2D eigenvalue weighted by atomic mass is 32.1. The van der Waals surface area contributed by atoms with E-state index in [1.54, 1.807) is 0 Å². The average molecular weight is 416 g/mol. The van der Waals surface area contributed by atoms with Gasteiger partial charge in [-0.2, -0.15) is 0 Å². The van der Waals surface area contributed by atoms with Crippen LogP contribution in [0.15, 0.2) is 36.8 Å². The summed E-state index contributed by atoms with van der Waals surface area (Å²) in [6, 6.07) is 2.75. The summed E-state index contributed by atoms with van der Waals surface area (Å²) in [6.07, 6.45) is 4.68. The number of benzene rings is 1. The summed E-state index contributed by atoms with van der Waals surface area (Å²) >= 11 is 1.23. The minimum atomic E-state index is -0.845. The van der Waals surface area contributed by atoms with E-state index < -0.39 is 29.3 Å². The van der Waals surface area contributed by atoms with Crippen molar-refractivity contribution in [2.24, 2.45) is 0 Å². The van der Waals surface area contributed by atoms with Gasteiger partial charge in [0.1, 0.15) is 23.0 Å². The van der Waals surface area contributed by atoms with E-state index in [1.807, 2.05) is 0 Å². The molecule has 0 radical (unpaired) electrons. The van der Waals surface area contributed by atoms with E-state index in [2.05, 4.69) is 25.6 Å². The van der Waals surface area contributed by atoms with Crippen molar-refractivity contribution in [3.8, 4) is 0 Å². The number of anilines is 2. The van der Waals surface area contributed by atoms with Crippen molar-refractivity contribution >= 4 is 34.1 Å². The van der Waals surface area contributed by atoms with Crippen molar-refractivity contribution in [3.63, 3.8) is 0 Å². The molecular formula is C18H14F2N6O2S. The van der Waals surface area contributed by atoms with Crippen LogP contribution in [0.1, 0.15) is 21.1 Å². The molecule has 2 aromatic heterocycles. The molecule has 29 heavy (non-hydrogen) atoms. The van der Waals surface area contributed by atoms with Crippen LogP contribution in [0.5, 0.6) is 0 Å². The number of hydrogen-bond donors (Lipinski definition) is 2. The fraction of sp³-hybridized carbons (Fsp3) is 0.167. The second-order valence-corrected chi connectivity index (χ2v) is 7.22. The number of fused-ring (bicyclic) bond motifs is 1. The maximum Gasteiger partial charge on any atom is 0.322 e. The number of rotatable bonds is 3. The lowest BCUT2D eigenvalue weighted by Crippen LogP contribution is -2.38. The third-order valence-corrected chi connectivity index (χ3v) is 5.23. The molecule has 0 saturated heterocycles. The van der Waals surface area contributed by atoms with Gasteiger partial charge in [0.2, 0.25) is 0 Å². The first kappa shape index (κ1) is 18.9. The molecule has 8 nitrogen and oxygen atoms in total. The van der Waals surface area contributed by atoms with Crippen LogP contribution in [0.2, 0.25) is 0 Å². The molecule has 1 aliphatic heterocycles. The van der Waals surface area contributed by atoms with Crippen LogP contribution in [0.4, 0.5) is 24.4 Å². The van der Waals surface area contributed by atoms with Gasteiger partial charge in [-0.15, -0.1) is 0 Å². The molecule has 11 heteroatoms. The Morgan fingerprint density at radius 1 is 1.14 bits per heavy atom. The largest absolute Gasteiger partial charge is 0.322 e. The number of carbonyl (C=O) groups excluding carboxylic acids is 2. The SMILES string of the molecule is O=C(Nc1nc2c(s1)CN(C(=O)Nc1c(F)cccc1F)CC2)c1cnccn1. The lowest BCUT2D eigenvalue weighted by Gasteiger charge is -2.26. The monoisotopic (exact) mass is 416 g/mol. The maximum atomic E-state index is 13.8. The summed E-state index contributed by atoms with van der Waals surface area (Å²) < 4.78 is 27.5. The standard InChI is InChI=1S/C18H14F2N6O2S/c19-10-2-1-3-11(20)15(10)24-18(28)26-7-4-12-14(9-26)29-17(23-12)25-16(27)13-8-21-5-6-22-13/h1-3,5-6,8H,4,7,9H2,(H,24,28)(H,23,25,27). The zero-order valence-electron chi connectivity index (χ0n) is 14.9. The Morgan fingerprint density at radius 2 is 1.93 bits per heavy atom. The molecule has 1 aliphatic rings. The van der Waals surface area contributed by atoms with Crippen LogP contribution in [-0.4, -0.2) is 38.3 Å². The lowest BCUT2D eigenvalue weighted by atomic mass is 10.2. The zero-order valence-corrected chi connectivity index (χ0v) is 15.7.